The van der Waals surface area contributed by atoms with Crippen LogP contribution in [0.15, 0.2) is 6.20 Å². The normalized spacial score (nSPS) is 39.7. The van der Waals surface area contributed by atoms with Gasteiger partial charge in [0.15, 0.2) is 0 Å². The molecule has 102 valence electrons. The second-order valence-corrected chi connectivity index (χ2v) is 7.01. The van der Waals surface area contributed by atoms with Crippen molar-refractivity contribution in [1.29, 1.82) is 0 Å². The van der Waals surface area contributed by atoms with Gasteiger partial charge in [-0.2, -0.15) is 0 Å². The van der Waals surface area contributed by atoms with Crippen LogP contribution in [0.2, 0.25) is 0 Å². The van der Waals surface area contributed by atoms with Crippen LogP contribution in [-0.4, -0.2) is 9.97 Å². The predicted octanol–water partition coefficient (Wildman–Crippen LogP) is 1.99. The monoisotopic (exact) mass is 258 g/mol. The molecular formula is C15H22N4. The van der Waals surface area contributed by atoms with Crippen LogP contribution in [0.5, 0.6) is 0 Å². The molecule has 4 fully saturated rings. The number of anilines is 1. The first-order chi connectivity index (χ1) is 9.18. The predicted molar refractivity (Wildman–Crippen MR) is 74.2 cm³/mol. The van der Waals surface area contributed by atoms with E-state index in [1.165, 1.54) is 38.5 Å². The molecular weight excluding hydrogens is 236 g/mol. The maximum atomic E-state index is 6.02. The van der Waals surface area contributed by atoms with E-state index in [2.05, 4.69) is 9.97 Å². The van der Waals surface area contributed by atoms with E-state index in [9.17, 15) is 0 Å². The molecule has 4 bridgehead atoms. The van der Waals surface area contributed by atoms with Crippen LogP contribution in [0.1, 0.15) is 49.9 Å². The molecule has 4 saturated carbocycles. The van der Waals surface area contributed by atoms with E-state index in [1.54, 1.807) is 0 Å². The molecule has 19 heavy (non-hydrogen) atoms. The summed E-state index contributed by atoms with van der Waals surface area (Å²) in [6.45, 7) is 0.424. The Kier molecular flexibility index (Phi) is 2.40. The van der Waals surface area contributed by atoms with Crippen molar-refractivity contribution in [2.75, 3.05) is 5.73 Å². The van der Waals surface area contributed by atoms with Gasteiger partial charge in [-0.05, 0) is 56.3 Å². The minimum absolute atomic E-state index is 0.232. The average molecular weight is 258 g/mol. The van der Waals surface area contributed by atoms with Crippen molar-refractivity contribution in [1.82, 2.24) is 9.97 Å². The fraction of sp³-hybridized carbons (Fsp3) is 0.733. The smallest absolute Gasteiger partial charge is 0.136 e. The average Bonchev–Trinajstić information content (AvgIpc) is 2.37. The Morgan fingerprint density at radius 2 is 1.68 bits per heavy atom. The maximum Gasteiger partial charge on any atom is 0.136 e. The molecule has 0 unspecified atom stereocenters. The van der Waals surface area contributed by atoms with E-state index in [1.807, 2.05) is 6.20 Å². The summed E-state index contributed by atoms with van der Waals surface area (Å²) in [6.07, 6.45) is 10.00. The van der Waals surface area contributed by atoms with E-state index in [0.29, 0.717) is 12.4 Å². The lowest BCUT2D eigenvalue weighted by atomic mass is 9.49. The summed E-state index contributed by atoms with van der Waals surface area (Å²) in [5.74, 6) is 4.31. The van der Waals surface area contributed by atoms with Gasteiger partial charge in [0.2, 0.25) is 0 Å². The summed E-state index contributed by atoms with van der Waals surface area (Å²) in [6, 6.07) is 0. The van der Waals surface area contributed by atoms with Crippen molar-refractivity contribution < 1.29 is 0 Å². The molecule has 4 heteroatoms. The van der Waals surface area contributed by atoms with Gasteiger partial charge in [-0.15, -0.1) is 0 Å². The minimum Gasteiger partial charge on any atom is -0.383 e. The highest BCUT2D eigenvalue weighted by Gasteiger charge is 2.53. The Bertz CT molecular complexity index is 476. The van der Waals surface area contributed by atoms with Crippen LogP contribution >= 0.6 is 0 Å². The zero-order chi connectivity index (χ0) is 13.0. The zero-order valence-corrected chi connectivity index (χ0v) is 11.3. The molecule has 0 saturated heterocycles. The van der Waals surface area contributed by atoms with E-state index < -0.39 is 0 Å². The topological polar surface area (TPSA) is 77.8 Å². The summed E-state index contributed by atoms with van der Waals surface area (Å²) in [5, 5.41) is 0. The third kappa shape index (κ3) is 1.69. The van der Waals surface area contributed by atoms with Crippen molar-refractivity contribution in [2.24, 2.45) is 23.5 Å². The molecule has 4 nitrogen and oxygen atoms in total. The summed E-state index contributed by atoms with van der Waals surface area (Å²) < 4.78 is 0. The standard InChI is InChI=1S/C15H22N4/c16-7-12-8-18-14(19-13(12)17)15-4-9-1-10(5-15)3-11(2-9)6-15/h8-11H,1-7,16H2,(H2,17,18,19). The molecule has 0 aromatic carbocycles. The highest BCUT2D eigenvalue weighted by atomic mass is 15.0. The lowest BCUT2D eigenvalue weighted by Gasteiger charge is -2.56. The fourth-order valence-corrected chi connectivity index (χ4v) is 5.22. The van der Waals surface area contributed by atoms with Crippen molar-refractivity contribution in [2.45, 2.75) is 50.5 Å². The Balaban J connectivity index is 1.73. The van der Waals surface area contributed by atoms with Gasteiger partial charge in [0.25, 0.3) is 0 Å². The molecule has 0 spiro atoms. The number of aromatic nitrogens is 2. The van der Waals surface area contributed by atoms with E-state index in [-0.39, 0.29) is 5.41 Å². The maximum absolute atomic E-state index is 6.02. The molecule has 1 heterocycles. The molecule has 1 aromatic rings. The van der Waals surface area contributed by atoms with Gasteiger partial charge in [0.05, 0.1) is 0 Å². The molecule has 0 atom stereocenters. The number of hydrogen-bond acceptors (Lipinski definition) is 4. The van der Waals surface area contributed by atoms with Gasteiger partial charge in [0, 0.05) is 23.7 Å². The Hall–Kier alpha value is -1.16. The molecule has 4 N–H and O–H groups in total. The van der Waals surface area contributed by atoms with Crippen LogP contribution in [0.3, 0.4) is 0 Å². The molecule has 4 aliphatic carbocycles. The Labute approximate surface area is 114 Å². The van der Waals surface area contributed by atoms with Gasteiger partial charge in [0.1, 0.15) is 11.6 Å². The van der Waals surface area contributed by atoms with E-state index in [0.717, 1.165) is 29.1 Å². The third-order valence-corrected chi connectivity index (χ3v) is 5.63. The Morgan fingerprint density at radius 3 is 2.16 bits per heavy atom. The number of rotatable bonds is 2. The molecule has 1 aromatic heterocycles. The molecule has 5 rings (SSSR count). The first-order valence-electron chi connectivity index (χ1n) is 7.50. The van der Waals surface area contributed by atoms with Crippen LogP contribution in [0, 0.1) is 17.8 Å². The van der Waals surface area contributed by atoms with Crippen LogP contribution in [0.25, 0.3) is 0 Å². The number of hydrogen-bond donors (Lipinski definition) is 2. The zero-order valence-electron chi connectivity index (χ0n) is 11.3. The molecule has 4 aliphatic rings. The first-order valence-corrected chi connectivity index (χ1v) is 7.50. The summed E-state index contributed by atoms with van der Waals surface area (Å²) in [5.41, 5.74) is 12.8. The third-order valence-electron chi connectivity index (χ3n) is 5.63. The highest BCUT2D eigenvalue weighted by Crippen LogP contribution is 2.60. The second kappa shape index (κ2) is 3.92. The van der Waals surface area contributed by atoms with Crippen LogP contribution < -0.4 is 11.5 Å². The largest absolute Gasteiger partial charge is 0.383 e. The molecule has 0 aliphatic heterocycles. The Morgan fingerprint density at radius 1 is 1.11 bits per heavy atom. The number of nitrogens with two attached hydrogens (primary N) is 2. The quantitative estimate of drug-likeness (QED) is 0.850. The van der Waals surface area contributed by atoms with Gasteiger partial charge in [-0.1, -0.05) is 0 Å². The van der Waals surface area contributed by atoms with Gasteiger partial charge in [-0.25, -0.2) is 9.97 Å². The second-order valence-electron chi connectivity index (χ2n) is 7.01. The minimum atomic E-state index is 0.232. The van der Waals surface area contributed by atoms with Crippen LogP contribution in [-0.2, 0) is 12.0 Å². The molecule has 0 amide bonds. The van der Waals surface area contributed by atoms with Crippen molar-refractivity contribution >= 4 is 5.82 Å². The number of nitrogens with zero attached hydrogens (tertiary/aromatic N) is 2. The summed E-state index contributed by atoms with van der Waals surface area (Å²) in [7, 11) is 0. The highest BCUT2D eigenvalue weighted by molar-refractivity contribution is 5.38. The van der Waals surface area contributed by atoms with Crippen molar-refractivity contribution in [3.8, 4) is 0 Å². The van der Waals surface area contributed by atoms with Gasteiger partial charge in [-0.3, -0.25) is 0 Å². The fourth-order valence-electron chi connectivity index (χ4n) is 5.22. The number of nitrogen functional groups attached to an aromatic ring is 1. The first kappa shape index (κ1) is 11.6. The van der Waals surface area contributed by atoms with Gasteiger partial charge >= 0.3 is 0 Å². The summed E-state index contributed by atoms with van der Waals surface area (Å²) in [4.78, 5) is 9.25. The molecule has 0 radical (unpaired) electrons. The van der Waals surface area contributed by atoms with E-state index in [4.69, 9.17) is 11.5 Å². The SMILES string of the molecule is NCc1cnc(C23CC4CC(CC(C4)C2)C3)nc1N. The van der Waals surface area contributed by atoms with E-state index >= 15 is 0 Å². The van der Waals surface area contributed by atoms with Crippen LogP contribution in [0.4, 0.5) is 5.82 Å². The summed E-state index contributed by atoms with van der Waals surface area (Å²) >= 11 is 0. The van der Waals surface area contributed by atoms with Crippen molar-refractivity contribution in [3.05, 3.63) is 17.6 Å². The lowest BCUT2D eigenvalue weighted by Crippen LogP contribution is -2.49. The van der Waals surface area contributed by atoms with Crippen molar-refractivity contribution in [3.63, 3.8) is 0 Å². The lowest BCUT2D eigenvalue weighted by molar-refractivity contribution is -0.00935. The van der Waals surface area contributed by atoms with Gasteiger partial charge < -0.3 is 11.5 Å².